The molecule has 8 aromatic carbocycles. The van der Waals surface area contributed by atoms with Gasteiger partial charge in [-0.1, -0.05) is 0 Å². The molecule has 0 atom stereocenters. The molecule has 28 nitrogen and oxygen atoms in total. The number of benzene rings is 8. The molecule has 8 rings (SSSR count). The normalized spacial score (nSPS) is 12.2. The summed E-state index contributed by atoms with van der Waals surface area (Å²) in [5, 5.41) is 17.9. The van der Waals surface area contributed by atoms with Crippen molar-refractivity contribution in [3.8, 4) is 46.0 Å². The third kappa shape index (κ3) is 25.9. The van der Waals surface area contributed by atoms with Crippen molar-refractivity contribution < 1.29 is 117 Å². The van der Waals surface area contributed by atoms with Crippen molar-refractivity contribution in [1.82, 2.24) is 18.9 Å². The van der Waals surface area contributed by atoms with Crippen molar-refractivity contribution in [2.45, 2.75) is 73.0 Å². The monoisotopic (exact) mass is 1670 g/mol. The van der Waals surface area contributed by atoms with Gasteiger partial charge in [-0.25, -0.2) is 97.3 Å². The summed E-state index contributed by atoms with van der Waals surface area (Å²) >= 11 is 0. The standard InChI is InChI=1S/C38H38F4N8O8S2.C36H32F4N2O10S2/c1-21(35(51)49-37(43)44)15-23-17-29(39)33(30(40)18-23)57-25-5-9-27(10-6-25)59(53,54)47-13-3-4-14-48-60(55,56)28-11-7-26(8-12-28)58-34-31(41)19-24(20-32(34)42)16-22(2)36(52)50-38(45)46;1-21(35(43)44)15-23-17-29(37)33(30(38)18-23)51-25-5-9-27(10-6-25)53(47,48)41-13-3-4-14-42-54(49,50)28-11-7-26(8-12-28)52-34-31(39)19-24(20-32(34)40)16-22(2)36(45)46/h5-12,15-20,47-48H,3-4,13-14H2,1-2H3,(H4,43,44,49,51)(H4,45,46,50,52);5-12,15-20,41-42H,3-4,13-14H2,1-2H3,(H,43,44)(H,45,46)/b2*21-15+,22-16+. The van der Waals surface area contributed by atoms with Gasteiger partial charge in [-0.15, -0.1) is 0 Å². The highest BCUT2D eigenvalue weighted by atomic mass is 32.2. The van der Waals surface area contributed by atoms with Gasteiger partial charge < -0.3 is 52.1 Å². The average Bonchev–Trinajstić information content (AvgIpc) is 0.832. The number of rotatable bonds is 34. The van der Waals surface area contributed by atoms with E-state index >= 15 is 0 Å². The lowest BCUT2D eigenvalue weighted by Gasteiger charge is -2.11. The first-order valence-electron chi connectivity index (χ1n) is 33.1. The Balaban J connectivity index is 0.000000317. The number of nitrogens with two attached hydrogens (primary N) is 4. The maximum absolute atomic E-state index is 14.8. The Morgan fingerprint density at radius 3 is 0.675 bits per heavy atom. The lowest BCUT2D eigenvalue weighted by Crippen LogP contribution is -2.27. The van der Waals surface area contributed by atoms with Crippen LogP contribution in [0.5, 0.6) is 46.0 Å². The van der Waals surface area contributed by atoms with Crippen LogP contribution in [-0.2, 0) is 59.3 Å². The molecule has 604 valence electrons. The Hall–Kier alpha value is -12.2. The van der Waals surface area contributed by atoms with Crippen molar-refractivity contribution in [2.24, 2.45) is 32.9 Å². The van der Waals surface area contributed by atoms with Gasteiger partial charge in [0.1, 0.15) is 23.0 Å². The number of aliphatic carboxylic acids is 2. The highest BCUT2D eigenvalue weighted by molar-refractivity contribution is 7.90. The van der Waals surface area contributed by atoms with Crippen molar-refractivity contribution >= 4 is 100 Å². The maximum Gasteiger partial charge on any atom is 0.331 e. The second-order valence-electron chi connectivity index (χ2n) is 24.2. The first-order valence-corrected chi connectivity index (χ1v) is 39.0. The van der Waals surface area contributed by atoms with Crippen LogP contribution in [-0.4, -0.2) is 106 Å². The number of guanidine groups is 2. The molecule has 14 N–H and O–H groups in total. The Bertz CT molecular complexity index is 5200. The van der Waals surface area contributed by atoms with Gasteiger partial charge in [-0.05, 0) is 246 Å². The molecular weight excluding hydrogens is 1600 g/mol. The number of carbonyl (C=O) groups is 4. The molecule has 0 radical (unpaired) electrons. The van der Waals surface area contributed by atoms with E-state index in [0.29, 0.717) is 0 Å². The van der Waals surface area contributed by atoms with Crippen molar-refractivity contribution in [2.75, 3.05) is 26.2 Å². The van der Waals surface area contributed by atoms with Gasteiger partial charge in [0.15, 0.2) is 81.5 Å². The predicted molar refractivity (Wildman–Crippen MR) is 402 cm³/mol. The number of carboxylic acids is 2. The fraction of sp³-hybridized carbons (Fsp3) is 0.162. The summed E-state index contributed by atoms with van der Waals surface area (Å²) in [5.41, 5.74) is 20.3. The average molecular weight is 1670 g/mol. The van der Waals surface area contributed by atoms with E-state index in [1.165, 1.54) is 88.4 Å². The largest absolute Gasteiger partial charge is 0.478 e. The SMILES string of the molecule is C/C(=C\c1cc(F)c(Oc2ccc(S(=O)(=O)NCCCCNS(=O)(=O)c3ccc(Oc4c(F)cc(/C=C(\C)C(=O)N=C(N)N)cc4F)cc3)cc2)c(F)c1)C(=O)N=C(N)N.C/C(=C\c1cc(F)c(Oc2ccc(S(=O)(=O)NCCCCNS(=O)(=O)c3ccc(Oc4c(F)cc(/C=C(\C)C(=O)O)cc4F)cc3)cc2)c(F)c1)C(=O)O. The summed E-state index contributed by atoms with van der Waals surface area (Å²) in [6.45, 7) is 4.96. The van der Waals surface area contributed by atoms with Crippen LogP contribution in [0.15, 0.2) is 197 Å². The van der Waals surface area contributed by atoms with E-state index in [9.17, 15) is 88.0 Å². The van der Waals surface area contributed by atoms with Crippen LogP contribution in [0.25, 0.3) is 24.3 Å². The molecule has 0 unspecified atom stereocenters. The molecule has 0 bridgehead atoms. The summed E-state index contributed by atoms with van der Waals surface area (Å²) in [6, 6.07) is 25.9. The number of carboxylic acid groups (broad SMARTS) is 2. The van der Waals surface area contributed by atoms with Gasteiger partial charge >= 0.3 is 11.9 Å². The first-order chi connectivity index (χ1) is 53.5. The zero-order valence-electron chi connectivity index (χ0n) is 60.1. The highest BCUT2D eigenvalue weighted by Crippen LogP contribution is 2.35. The lowest BCUT2D eigenvalue weighted by atomic mass is 10.1. The van der Waals surface area contributed by atoms with Crippen molar-refractivity contribution in [3.05, 3.63) is 237 Å². The Labute approximate surface area is 647 Å². The molecule has 0 aliphatic carbocycles. The molecule has 40 heteroatoms. The molecule has 0 spiro atoms. The molecule has 0 heterocycles. The third-order valence-electron chi connectivity index (χ3n) is 15.2. The molecule has 0 aliphatic heterocycles. The second-order valence-corrected chi connectivity index (χ2v) is 31.2. The number of hydrogen-bond donors (Lipinski definition) is 10. The topological polar surface area (TPSA) is 459 Å². The van der Waals surface area contributed by atoms with E-state index in [1.54, 1.807) is 0 Å². The van der Waals surface area contributed by atoms with Gasteiger partial charge in [-0.3, -0.25) is 9.59 Å². The van der Waals surface area contributed by atoms with Crippen LogP contribution in [0, 0.1) is 46.5 Å². The minimum absolute atomic E-state index is 0.00393. The Morgan fingerprint density at radius 2 is 0.509 bits per heavy atom. The number of sulfonamides is 4. The number of hydrogen-bond acceptors (Lipinski definition) is 16. The fourth-order valence-electron chi connectivity index (χ4n) is 9.58. The number of nitrogens with one attached hydrogen (secondary N) is 4. The van der Waals surface area contributed by atoms with Gasteiger partial charge in [0.2, 0.25) is 40.1 Å². The zero-order valence-corrected chi connectivity index (χ0v) is 63.4. The summed E-state index contributed by atoms with van der Waals surface area (Å²) in [7, 11) is -16.1. The van der Waals surface area contributed by atoms with Crippen molar-refractivity contribution in [1.29, 1.82) is 0 Å². The van der Waals surface area contributed by atoms with E-state index < -0.39 is 145 Å². The molecule has 8 aromatic rings. The van der Waals surface area contributed by atoms with Crippen LogP contribution >= 0.6 is 0 Å². The molecule has 0 saturated carbocycles. The lowest BCUT2D eigenvalue weighted by molar-refractivity contribution is -0.133. The first kappa shape index (κ1) is 89.0. The van der Waals surface area contributed by atoms with Gasteiger partial charge in [0.05, 0.1) is 19.6 Å². The molecule has 2 amide bonds. The van der Waals surface area contributed by atoms with Gasteiger partial charge in [0, 0.05) is 48.5 Å². The van der Waals surface area contributed by atoms with Gasteiger partial charge in [0.25, 0.3) is 11.8 Å². The van der Waals surface area contributed by atoms with Crippen LogP contribution in [0.3, 0.4) is 0 Å². The molecule has 0 aliphatic rings. The fourth-order valence-corrected chi connectivity index (χ4v) is 13.9. The summed E-state index contributed by atoms with van der Waals surface area (Å²) in [6.07, 6.45) is 5.40. The number of ether oxygens (including phenoxy) is 4. The van der Waals surface area contributed by atoms with E-state index in [2.05, 4.69) is 28.9 Å². The zero-order chi connectivity index (χ0) is 84.2. The maximum atomic E-state index is 14.8. The van der Waals surface area contributed by atoms with E-state index in [-0.39, 0.29) is 139 Å². The van der Waals surface area contributed by atoms with E-state index in [0.717, 1.165) is 109 Å². The predicted octanol–water partition coefficient (Wildman–Crippen LogP) is 11.1. The molecular formula is C74H70F8N10O18S4. The van der Waals surface area contributed by atoms with Gasteiger partial charge in [-0.2, -0.15) is 9.98 Å². The summed E-state index contributed by atoms with van der Waals surface area (Å²) in [4.78, 5) is 51.7. The minimum atomic E-state index is -4.04. The summed E-state index contributed by atoms with van der Waals surface area (Å²) in [5.74, 6) is -17.4. The number of aliphatic imine (C=N–C) groups is 2. The smallest absolute Gasteiger partial charge is 0.331 e. The number of carbonyl (C=O) groups excluding carboxylic acids is 2. The molecule has 0 saturated heterocycles. The van der Waals surface area contributed by atoms with Crippen LogP contribution < -0.4 is 60.8 Å². The summed E-state index contributed by atoms with van der Waals surface area (Å²) < 4.78 is 250. The number of amides is 2. The van der Waals surface area contributed by atoms with E-state index in [4.69, 9.17) is 52.1 Å². The minimum Gasteiger partial charge on any atom is -0.478 e. The van der Waals surface area contributed by atoms with Crippen LogP contribution in [0.4, 0.5) is 35.1 Å². The number of unbranched alkanes of at least 4 members (excludes halogenated alkanes) is 2. The number of halogens is 8. The van der Waals surface area contributed by atoms with Crippen molar-refractivity contribution in [3.63, 3.8) is 0 Å². The molecule has 114 heavy (non-hydrogen) atoms. The third-order valence-corrected chi connectivity index (χ3v) is 21.1. The quantitative estimate of drug-likeness (QED) is 0.00589. The highest BCUT2D eigenvalue weighted by Gasteiger charge is 2.24. The van der Waals surface area contributed by atoms with E-state index in [1.807, 2.05) is 0 Å². The Kier molecular flexibility index (Phi) is 30.7. The number of nitrogens with zero attached hydrogens (tertiary/aromatic N) is 2. The molecule has 0 aromatic heterocycles. The molecule has 0 fully saturated rings. The Morgan fingerprint density at radius 1 is 0.333 bits per heavy atom. The van der Waals surface area contributed by atoms with Crippen LogP contribution in [0.2, 0.25) is 0 Å². The second kappa shape index (κ2) is 39.3. The van der Waals surface area contributed by atoms with Crippen LogP contribution in [0.1, 0.15) is 75.6 Å².